The van der Waals surface area contributed by atoms with Crippen molar-refractivity contribution in [3.05, 3.63) is 108 Å². The first-order valence-electron chi connectivity index (χ1n) is 9.25. The van der Waals surface area contributed by atoms with Crippen molar-refractivity contribution in [3.63, 3.8) is 0 Å². The topological polar surface area (TPSA) is 32.3 Å². The van der Waals surface area contributed by atoms with Crippen molar-refractivity contribution in [1.82, 2.24) is 5.01 Å². The summed E-state index contributed by atoms with van der Waals surface area (Å²) in [6.07, 6.45) is 2.91. The molecule has 0 bridgehead atoms. The molecule has 0 saturated heterocycles. The number of hydrogen-bond acceptors (Lipinski definition) is 3. The van der Waals surface area contributed by atoms with Crippen molar-refractivity contribution < 1.29 is 4.79 Å². The molecule has 1 aliphatic rings. The molecule has 27 heavy (non-hydrogen) atoms. The van der Waals surface area contributed by atoms with E-state index in [1.54, 1.807) is 0 Å². The van der Waals surface area contributed by atoms with Gasteiger partial charge in [0.1, 0.15) is 0 Å². The number of nitrogens with one attached hydrogen (secondary N) is 1. The van der Waals surface area contributed by atoms with E-state index in [1.165, 1.54) is 0 Å². The van der Waals surface area contributed by atoms with Gasteiger partial charge in [0, 0.05) is 18.0 Å². The molecule has 0 spiro atoms. The fourth-order valence-corrected chi connectivity index (χ4v) is 3.44. The van der Waals surface area contributed by atoms with Gasteiger partial charge >= 0.3 is 0 Å². The molecule has 4 rings (SSSR count). The van der Waals surface area contributed by atoms with Crippen molar-refractivity contribution in [2.45, 2.75) is 6.42 Å². The van der Waals surface area contributed by atoms with Crippen LogP contribution in [0.2, 0.25) is 0 Å². The van der Waals surface area contributed by atoms with Crippen LogP contribution in [-0.2, 0) is 0 Å². The van der Waals surface area contributed by atoms with E-state index in [4.69, 9.17) is 0 Å². The van der Waals surface area contributed by atoms with Crippen LogP contribution in [0.15, 0.2) is 97.1 Å². The molecule has 0 saturated carbocycles. The van der Waals surface area contributed by atoms with Gasteiger partial charge in [-0.1, -0.05) is 84.9 Å². The fourth-order valence-electron chi connectivity index (χ4n) is 3.44. The number of anilines is 1. The van der Waals surface area contributed by atoms with Crippen molar-refractivity contribution >= 4 is 17.2 Å². The van der Waals surface area contributed by atoms with Crippen molar-refractivity contribution in [3.8, 4) is 0 Å². The normalized spacial score (nSPS) is 16.5. The zero-order valence-electron chi connectivity index (χ0n) is 15.1. The van der Waals surface area contributed by atoms with Gasteiger partial charge in [-0.25, -0.2) is 0 Å². The molecule has 3 aromatic rings. The lowest BCUT2D eigenvalue weighted by Gasteiger charge is -2.35. The summed E-state index contributed by atoms with van der Waals surface area (Å²) in [5, 5.41) is 2.10. The molecular formula is C24H22N2O. The minimum Gasteiger partial charge on any atom is -0.298 e. The van der Waals surface area contributed by atoms with Gasteiger partial charge < -0.3 is 0 Å². The Morgan fingerprint density at radius 2 is 1.41 bits per heavy atom. The first kappa shape index (κ1) is 17.1. The van der Waals surface area contributed by atoms with Gasteiger partial charge in [0.2, 0.25) is 0 Å². The Labute approximate surface area is 159 Å². The smallest absolute Gasteiger partial charge is 0.168 e. The quantitative estimate of drug-likeness (QED) is 0.634. The van der Waals surface area contributed by atoms with E-state index in [2.05, 4.69) is 28.6 Å². The van der Waals surface area contributed by atoms with Gasteiger partial charge in [-0.2, -0.15) is 0 Å². The Kier molecular flexibility index (Phi) is 5.01. The van der Waals surface area contributed by atoms with Crippen LogP contribution in [0.5, 0.6) is 0 Å². The van der Waals surface area contributed by atoms with Crippen LogP contribution in [0.1, 0.15) is 22.3 Å². The minimum atomic E-state index is -0.0731. The molecular weight excluding hydrogens is 332 g/mol. The van der Waals surface area contributed by atoms with Crippen molar-refractivity contribution in [2.75, 3.05) is 12.0 Å². The number of carbonyl (C=O) groups excluding carboxylic acids is 1. The molecule has 3 aromatic carbocycles. The van der Waals surface area contributed by atoms with E-state index in [9.17, 15) is 4.79 Å². The molecule has 0 unspecified atom stereocenters. The van der Waals surface area contributed by atoms with E-state index >= 15 is 0 Å². The van der Waals surface area contributed by atoms with Crippen molar-refractivity contribution in [1.29, 1.82) is 0 Å². The van der Waals surface area contributed by atoms with Gasteiger partial charge in [-0.05, 0) is 24.1 Å². The molecule has 0 aliphatic carbocycles. The van der Waals surface area contributed by atoms with Gasteiger partial charge in [0.25, 0.3) is 0 Å². The van der Waals surface area contributed by atoms with Gasteiger partial charge in [0.15, 0.2) is 5.78 Å². The lowest BCUT2D eigenvalue weighted by molar-refractivity contribution is 0.0900. The number of allylic oxidation sites excluding steroid dienone is 1. The number of hydrogen-bond donors (Lipinski definition) is 1. The average molecular weight is 354 g/mol. The monoisotopic (exact) mass is 354 g/mol. The van der Waals surface area contributed by atoms with Crippen LogP contribution in [0.4, 0.5) is 5.69 Å². The summed E-state index contributed by atoms with van der Waals surface area (Å²) in [5.41, 5.74) is 7.51. The molecule has 0 fully saturated rings. The number of rotatable bonds is 5. The van der Waals surface area contributed by atoms with Crippen LogP contribution in [-0.4, -0.2) is 17.3 Å². The van der Waals surface area contributed by atoms with Crippen LogP contribution < -0.4 is 5.43 Å². The molecule has 0 radical (unpaired) electrons. The second-order valence-corrected chi connectivity index (χ2v) is 6.71. The largest absolute Gasteiger partial charge is 0.298 e. The zero-order chi connectivity index (χ0) is 18.5. The summed E-state index contributed by atoms with van der Waals surface area (Å²) in [5.74, 6) is 0.120. The summed E-state index contributed by atoms with van der Waals surface area (Å²) in [7, 11) is 0. The fraction of sp³-hybridized carbons (Fsp3) is 0.125. The summed E-state index contributed by atoms with van der Waals surface area (Å²) in [6.45, 7) is 0.628. The predicted molar refractivity (Wildman–Crippen MR) is 110 cm³/mol. The van der Waals surface area contributed by atoms with Gasteiger partial charge in [-0.15, -0.1) is 0 Å². The second-order valence-electron chi connectivity index (χ2n) is 6.71. The Hall–Kier alpha value is -3.33. The molecule has 1 heterocycles. The Morgan fingerprint density at radius 3 is 2.07 bits per heavy atom. The third-order valence-corrected chi connectivity index (χ3v) is 4.83. The SMILES string of the molecule is O=C(c1ccccc1)[C@H]1CC=C(c2ccccc2)N(Nc2ccccc2)C1. The number of hydrazine groups is 1. The molecule has 134 valence electrons. The standard InChI is InChI=1S/C24H22N2O/c27-24(20-12-6-2-7-13-20)21-16-17-23(19-10-4-1-5-11-19)26(18-21)25-22-14-8-3-9-15-22/h1-15,17,21,25H,16,18H2/t21-/m0/s1. The molecule has 1 atom stereocenters. The van der Waals surface area contributed by atoms with Crippen molar-refractivity contribution in [2.24, 2.45) is 5.92 Å². The first-order valence-corrected chi connectivity index (χ1v) is 9.25. The van der Waals surface area contributed by atoms with Crippen LogP contribution in [0.25, 0.3) is 5.70 Å². The maximum absolute atomic E-state index is 13.0. The Morgan fingerprint density at radius 1 is 0.815 bits per heavy atom. The highest BCUT2D eigenvalue weighted by atomic mass is 16.1. The van der Waals surface area contributed by atoms with E-state index in [1.807, 2.05) is 78.9 Å². The highest BCUT2D eigenvalue weighted by Crippen LogP contribution is 2.29. The summed E-state index contributed by atoms with van der Waals surface area (Å²) >= 11 is 0. The lowest BCUT2D eigenvalue weighted by Crippen LogP contribution is -2.39. The third-order valence-electron chi connectivity index (χ3n) is 4.83. The van der Waals surface area contributed by atoms with E-state index < -0.39 is 0 Å². The maximum Gasteiger partial charge on any atom is 0.168 e. The highest BCUT2D eigenvalue weighted by Gasteiger charge is 2.28. The lowest BCUT2D eigenvalue weighted by atomic mass is 9.90. The molecule has 0 aromatic heterocycles. The number of benzene rings is 3. The van der Waals surface area contributed by atoms with Crippen LogP contribution in [0, 0.1) is 5.92 Å². The summed E-state index contributed by atoms with van der Waals surface area (Å²) < 4.78 is 0. The molecule has 3 heteroatoms. The molecule has 1 N–H and O–H groups in total. The number of nitrogens with zero attached hydrogens (tertiary/aromatic N) is 1. The first-order chi connectivity index (χ1) is 13.3. The molecule has 3 nitrogen and oxygen atoms in total. The van der Waals surface area contributed by atoms with E-state index in [0.717, 1.165) is 28.9 Å². The summed E-state index contributed by atoms with van der Waals surface area (Å²) in [6, 6.07) is 29.9. The molecule has 1 aliphatic heterocycles. The van der Waals surface area contributed by atoms with E-state index in [-0.39, 0.29) is 11.7 Å². The molecule has 0 amide bonds. The number of Topliss-reactive ketones (excluding diaryl/α,β-unsaturated/α-hetero) is 1. The average Bonchev–Trinajstić information content (AvgIpc) is 2.75. The number of para-hydroxylation sites is 1. The Bertz CT molecular complexity index is 920. The predicted octanol–water partition coefficient (Wildman–Crippen LogP) is 5.26. The maximum atomic E-state index is 13.0. The van der Waals surface area contributed by atoms with Crippen LogP contribution in [0.3, 0.4) is 0 Å². The Balaban J connectivity index is 1.62. The zero-order valence-corrected chi connectivity index (χ0v) is 15.1. The van der Waals surface area contributed by atoms with Gasteiger partial charge in [-0.3, -0.25) is 15.2 Å². The van der Waals surface area contributed by atoms with E-state index in [0.29, 0.717) is 6.54 Å². The van der Waals surface area contributed by atoms with Crippen LogP contribution >= 0.6 is 0 Å². The highest BCUT2D eigenvalue weighted by molar-refractivity contribution is 5.98. The summed E-state index contributed by atoms with van der Waals surface area (Å²) in [4.78, 5) is 13.0. The second kappa shape index (κ2) is 7.92. The number of ketones is 1. The van der Waals surface area contributed by atoms with Gasteiger partial charge in [0.05, 0.1) is 11.4 Å². The minimum absolute atomic E-state index is 0.0731. The third kappa shape index (κ3) is 3.93. The number of carbonyl (C=O) groups is 1.